The van der Waals surface area contributed by atoms with E-state index < -0.39 is 17.3 Å². The fourth-order valence-corrected chi connectivity index (χ4v) is 1.26. The number of hydrogen-bond donors (Lipinski definition) is 2. The first kappa shape index (κ1) is 13.4. The second-order valence-corrected chi connectivity index (χ2v) is 3.91. The number of nitrogens with one attached hydrogen (secondary N) is 1. The standard InChI is InChI=1S/C12H16FNO3/c1-4-12(2,17-3)11(16)14-10-6-5-8(15)7-9(10)13/h5-7,15H,4H2,1-3H3,(H,14,16). The Morgan fingerprint density at radius 3 is 2.71 bits per heavy atom. The van der Waals surface area contributed by atoms with Crippen LogP contribution in [0.1, 0.15) is 20.3 Å². The lowest BCUT2D eigenvalue weighted by atomic mass is 10.0. The van der Waals surface area contributed by atoms with Crippen LogP contribution in [0.3, 0.4) is 0 Å². The van der Waals surface area contributed by atoms with Crippen LogP contribution >= 0.6 is 0 Å². The van der Waals surface area contributed by atoms with Crippen LogP contribution in [-0.2, 0) is 9.53 Å². The van der Waals surface area contributed by atoms with Crippen molar-refractivity contribution in [2.45, 2.75) is 25.9 Å². The number of carbonyl (C=O) groups is 1. The number of phenols is 1. The maximum atomic E-state index is 13.4. The van der Waals surface area contributed by atoms with E-state index >= 15 is 0 Å². The zero-order chi connectivity index (χ0) is 13.1. The minimum absolute atomic E-state index is 0.0181. The van der Waals surface area contributed by atoms with Crippen molar-refractivity contribution < 1.29 is 19.0 Å². The smallest absolute Gasteiger partial charge is 0.256 e. The van der Waals surface area contributed by atoms with E-state index in [2.05, 4.69) is 5.32 Å². The normalized spacial score (nSPS) is 14.1. The largest absolute Gasteiger partial charge is 0.508 e. The highest BCUT2D eigenvalue weighted by molar-refractivity contribution is 5.97. The summed E-state index contributed by atoms with van der Waals surface area (Å²) in [7, 11) is 1.43. The number of halogens is 1. The van der Waals surface area contributed by atoms with Crippen LogP contribution in [0.2, 0.25) is 0 Å². The summed E-state index contributed by atoms with van der Waals surface area (Å²) < 4.78 is 18.5. The Morgan fingerprint density at radius 1 is 1.59 bits per heavy atom. The van der Waals surface area contributed by atoms with Gasteiger partial charge in [0, 0.05) is 13.2 Å². The maximum Gasteiger partial charge on any atom is 0.256 e. The summed E-state index contributed by atoms with van der Waals surface area (Å²) in [5.74, 6) is -1.30. The van der Waals surface area contributed by atoms with Crippen LogP contribution in [0, 0.1) is 5.82 Å². The molecular formula is C12H16FNO3. The topological polar surface area (TPSA) is 58.6 Å². The van der Waals surface area contributed by atoms with Gasteiger partial charge in [0.15, 0.2) is 0 Å². The molecule has 1 aromatic rings. The second-order valence-electron chi connectivity index (χ2n) is 3.91. The lowest BCUT2D eigenvalue weighted by molar-refractivity contribution is -0.136. The number of methoxy groups -OCH3 is 1. The Hall–Kier alpha value is -1.62. The lowest BCUT2D eigenvalue weighted by Crippen LogP contribution is -2.41. The molecule has 1 aromatic carbocycles. The number of carbonyl (C=O) groups excluding carboxylic acids is 1. The zero-order valence-electron chi connectivity index (χ0n) is 10.1. The van der Waals surface area contributed by atoms with Gasteiger partial charge in [-0.05, 0) is 25.5 Å². The van der Waals surface area contributed by atoms with Crippen LogP contribution in [0.4, 0.5) is 10.1 Å². The van der Waals surface area contributed by atoms with Crippen molar-refractivity contribution in [3.63, 3.8) is 0 Å². The number of hydrogen-bond acceptors (Lipinski definition) is 3. The van der Waals surface area contributed by atoms with E-state index in [-0.39, 0.29) is 11.4 Å². The molecule has 1 rings (SSSR count). The Balaban J connectivity index is 2.88. The summed E-state index contributed by atoms with van der Waals surface area (Å²) in [6, 6.07) is 3.54. The predicted molar refractivity (Wildman–Crippen MR) is 62.4 cm³/mol. The molecule has 0 bridgehead atoms. The van der Waals surface area contributed by atoms with E-state index in [4.69, 9.17) is 9.84 Å². The summed E-state index contributed by atoms with van der Waals surface area (Å²) in [5.41, 5.74) is -0.978. The van der Waals surface area contributed by atoms with Crippen molar-refractivity contribution in [1.82, 2.24) is 0 Å². The third kappa shape index (κ3) is 2.94. The number of phenolic OH excluding ortho intramolecular Hbond substituents is 1. The van der Waals surface area contributed by atoms with Crippen molar-refractivity contribution in [3.05, 3.63) is 24.0 Å². The van der Waals surface area contributed by atoms with Gasteiger partial charge in [0.25, 0.3) is 5.91 Å². The SMILES string of the molecule is CCC(C)(OC)C(=O)Nc1ccc(O)cc1F. The third-order valence-electron chi connectivity index (χ3n) is 2.81. The molecule has 94 valence electrons. The number of ether oxygens (including phenoxy) is 1. The van der Waals surface area contributed by atoms with Gasteiger partial charge < -0.3 is 15.2 Å². The van der Waals surface area contributed by atoms with Crippen LogP contribution in [0.5, 0.6) is 5.75 Å². The molecule has 0 spiro atoms. The van der Waals surface area contributed by atoms with E-state index in [0.717, 1.165) is 6.07 Å². The number of aromatic hydroxyl groups is 1. The molecule has 5 heteroatoms. The summed E-state index contributed by atoms with van der Waals surface area (Å²) >= 11 is 0. The van der Waals surface area contributed by atoms with Crippen molar-refractivity contribution in [2.75, 3.05) is 12.4 Å². The maximum absolute atomic E-state index is 13.4. The van der Waals surface area contributed by atoms with E-state index in [1.165, 1.54) is 19.2 Å². The molecule has 0 aliphatic carbocycles. The van der Waals surface area contributed by atoms with Gasteiger partial charge in [-0.3, -0.25) is 4.79 Å². The van der Waals surface area contributed by atoms with Gasteiger partial charge in [0.2, 0.25) is 0 Å². The summed E-state index contributed by atoms with van der Waals surface area (Å²) in [6.45, 7) is 3.43. The van der Waals surface area contributed by atoms with Gasteiger partial charge in [-0.1, -0.05) is 6.92 Å². The van der Waals surface area contributed by atoms with Gasteiger partial charge in [-0.25, -0.2) is 4.39 Å². The summed E-state index contributed by atoms with van der Waals surface area (Å²) in [5, 5.41) is 11.5. The molecule has 0 saturated heterocycles. The van der Waals surface area contributed by atoms with Crippen LogP contribution in [0.25, 0.3) is 0 Å². The number of anilines is 1. The number of benzene rings is 1. The average molecular weight is 241 g/mol. The molecule has 2 N–H and O–H groups in total. The molecule has 0 aliphatic rings. The highest BCUT2D eigenvalue weighted by Crippen LogP contribution is 2.22. The Bertz CT molecular complexity index is 416. The fourth-order valence-electron chi connectivity index (χ4n) is 1.26. The Labute approximate surface area is 99.4 Å². The van der Waals surface area contributed by atoms with E-state index in [0.29, 0.717) is 6.42 Å². The van der Waals surface area contributed by atoms with Gasteiger partial charge in [0.05, 0.1) is 5.69 Å². The Morgan fingerprint density at radius 2 is 2.24 bits per heavy atom. The zero-order valence-corrected chi connectivity index (χ0v) is 10.1. The van der Waals surface area contributed by atoms with E-state index in [1.54, 1.807) is 13.8 Å². The van der Waals surface area contributed by atoms with Crippen molar-refractivity contribution >= 4 is 11.6 Å². The second kappa shape index (κ2) is 5.14. The van der Waals surface area contributed by atoms with Crippen LogP contribution in [0.15, 0.2) is 18.2 Å². The number of amides is 1. The molecule has 17 heavy (non-hydrogen) atoms. The molecule has 0 radical (unpaired) electrons. The molecular weight excluding hydrogens is 225 g/mol. The Kier molecular flexibility index (Phi) is 4.07. The van der Waals surface area contributed by atoms with Crippen LogP contribution < -0.4 is 5.32 Å². The average Bonchev–Trinajstić information content (AvgIpc) is 2.31. The quantitative estimate of drug-likeness (QED) is 0.795. The molecule has 0 fully saturated rings. The van der Waals surface area contributed by atoms with E-state index in [1.807, 2.05) is 0 Å². The molecule has 1 amide bonds. The first-order valence-corrected chi connectivity index (χ1v) is 5.28. The minimum atomic E-state index is -0.996. The van der Waals surface area contributed by atoms with Crippen molar-refractivity contribution in [3.8, 4) is 5.75 Å². The first-order chi connectivity index (χ1) is 7.92. The summed E-state index contributed by atoms with van der Waals surface area (Å²) in [6.07, 6.45) is 0.467. The summed E-state index contributed by atoms with van der Waals surface area (Å²) in [4.78, 5) is 11.9. The fraction of sp³-hybridized carbons (Fsp3) is 0.417. The predicted octanol–water partition coefficient (Wildman–Crippen LogP) is 2.28. The molecule has 0 aromatic heterocycles. The molecule has 0 heterocycles. The van der Waals surface area contributed by atoms with Gasteiger partial charge in [-0.15, -0.1) is 0 Å². The monoisotopic (exact) mass is 241 g/mol. The number of rotatable bonds is 4. The van der Waals surface area contributed by atoms with Gasteiger partial charge in [0.1, 0.15) is 17.2 Å². The first-order valence-electron chi connectivity index (χ1n) is 5.28. The molecule has 1 atom stereocenters. The third-order valence-corrected chi connectivity index (χ3v) is 2.81. The highest BCUT2D eigenvalue weighted by Gasteiger charge is 2.31. The lowest BCUT2D eigenvalue weighted by Gasteiger charge is -2.25. The molecule has 4 nitrogen and oxygen atoms in total. The molecule has 1 unspecified atom stereocenters. The minimum Gasteiger partial charge on any atom is -0.508 e. The molecule has 0 aliphatic heterocycles. The van der Waals surface area contributed by atoms with Crippen molar-refractivity contribution in [2.24, 2.45) is 0 Å². The highest BCUT2D eigenvalue weighted by atomic mass is 19.1. The van der Waals surface area contributed by atoms with E-state index in [9.17, 15) is 9.18 Å². The van der Waals surface area contributed by atoms with Crippen LogP contribution in [-0.4, -0.2) is 23.7 Å². The van der Waals surface area contributed by atoms with Gasteiger partial charge >= 0.3 is 0 Å². The van der Waals surface area contributed by atoms with Gasteiger partial charge in [-0.2, -0.15) is 0 Å². The molecule has 0 saturated carbocycles. The van der Waals surface area contributed by atoms with Crippen molar-refractivity contribution in [1.29, 1.82) is 0 Å².